The number of hydrogen-bond acceptors (Lipinski definition) is 3. The van der Waals surface area contributed by atoms with Gasteiger partial charge >= 0.3 is 6.09 Å². The van der Waals surface area contributed by atoms with Crippen LogP contribution in [0.1, 0.15) is 5.56 Å². The molecule has 0 aliphatic heterocycles. The molecule has 0 heterocycles. The fourth-order valence-electron chi connectivity index (χ4n) is 0.970. The normalized spacial score (nSPS) is 9.57. The van der Waals surface area contributed by atoms with Crippen molar-refractivity contribution in [2.24, 2.45) is 0 Å². The zero-order valence-corrected chi connectivity index (χ0v) is 8.47. The first-order chi connectivity index (χ1) is 6.63. The summed E-state index contributed by atoms with van der Waals surface area (Å²) < 4.78 is 4.42. The summed E-state index contributed by atoms with van der Waals surface area (Å²) >= 11 is 5.88. The average molecular weight is 215 g/mol. The van der Waals surface area contributed by atoms with E-state index in [0.29, 0.717) is 17.3 Å². The van der Waals surface area contributed by atoms with E-state index in [0.717, 1.165) is 5.56 Å². The molecular formula is C9H11ClN2O2. The minimum absolute atomic E-state index is 0.302. The standard InChI is InChI=1S/C9H11ClN2O2/c1-14-9(13)12-5-6-4-7(11)2-3-8(6)10/h2-4H,5,11H2,1H3,(H,12,13). The highest BCUT2D eigenvalue weighted by atomic mass is 35.5. The van der Waals surface area contributed by atoms with Crippen LogP contribution in [0, 0.1) is 0 Å². The van der Waals surface area contributed by atoms with E-state index in [-0.39, 0.29) is 0 Å². The SMILES string of the molecule is COC(=O)NCc1cc(N)ccc1Cl. The number of anilines is 1. The summed E-state index contributed by atoms with van der Waals surface area (Å²) in [6.07, 6.45) is -0.497. The van der Waals surface area contributed by atoms with Gasteiger partial charge in [0.15, 0.2) is 0 Å². The van der Waals surface area contributed by atoms with Crippen molar-refractivity contribution in [2.45, 2.75) is 6.54 Å². The van der Waals surface area contributed by atoms with Gasteiger partial charge in [-0.1, -0.05) is 11.6 Å². The molecule has 76 valence electrons. The van der Waals surface area contributed by atoms with Crippen LogP contribution < -0.4 is 11.1 Å². The first-order valence-electron chi connectivity index (χ1n) is 3.99. The molecule has 1 aromatic rings. The second-order valence-electron chi connectivity index (χ2n) is 2.70. The highest BCUT2D eigenvalue weighted by Crippen LogP contribution is 2.18. The third kappa shape index (κ3) is 2.81. The van der Waals surface area contributed by atoms with Crippen LogP contribution in [-0.2, 0) is 11.3 Å². The molecule has 1 rings (SSSR count). The number of ether oxygens (including phenoxy) is 1. The summed E-state index contributed by atoms with van der Waals surface area (Å²) in [5.74, 6) is 0. The Hall–Kier alpha value is -1.42. The molecule has 0 aliphatic carbocycles. The fourth-order valence-corrected chi connectivity index (χ4v) is 1.15. The maximum atomic E-state index is 10.8. The molecule has 0 atom stereocenters. The Bertz CT molecular complexity index is 342. The molecule has 0 aliphatic rings. The number of nitrogens with two attached hydrogens (primary N) is 1. The lowest BCUT2D eigenvalue weighted by Crippen LogP contribution is -2.22. The maximum Gasteiger partial charge on any atom is 0.407 e. The highest BCUT2D eigenvalue weighted by Gasteiger charge is 2.03. The van der Waals surface area contributed by atoms with Gasteiger partial charge in [-0.2, -0.15) is 0 Å². The predicted octanol–water partition coefficient (Wildman–Crippen LogP) is 1.78. The molecule has 0 saturated heterocycles. The first kappa shape index (κ1) is 10.7. The number of amides is 1. The summed E-state index contributed by atoms with van der Waals surface area (Å²) in [7, 11) is 1.30. The van der Waals surface area contributed by atoms with Gasteiger partial charge < -0.3 is 15.8 Å². The van der Waals surface area contributed by atoms with Crippen LogP contribution in [0.4, 0.5) is 10.5 Å². The number of nitrogen functional groups attached to an aromatic ring is 1. The van der Waals surface area contributed by atoms with Crippen LogP contribution in [0.15, 0.2) is 18.2 Å². The molecular weight excluding hydrogens is 204 g/mol. The molecule has 5 heteroatoms. The van der Waals surface area contributed by atoms with E-state index < -0.39 is 6.09 Å². The van der Waals surface area contributed by atoms with Gasteiger partial charge in [0, 0.05) is 17.3 Å². The number of carbonyl (C=O) groups excluding carboxylic acids is 1. The summed E-state index contributed by atoms with van der Waals surface area (Å²) in [6.45, 7) is 0.302. The summed E-state index contributed by atoms with van der Waals surface area (Å²) in [5.41, 5.74) is 6.93. The second kappa shape index (κ2) is 4.72. The minimum atomic E-state index is -0.497. The summed E-state index contributed by atoms with van der Waals surface area (Å²) in [6, 6.07) is 5.09. The maximum absolute atomic E-state index is 10.8. The van der Waals surface area contributed by atoms with E-state index >= 15 is 0 Å². The Morgan fingerprint density at radius 1 is 1.64 bits per heavy atom. The van der Waals surface area contributed by atoms with Crippen molar-refractivity contribution in [1.82, 2.24) is 5.32 Å². The van der Waals surface area contributed by atoms with Crippen LogP contribution in [0.3, 0.4) is 0 Å². The highest BCUT2D eigenvalue weighted by molar-refractivity contribution is 6.31. The molecule has 0 aromatic heterocycles. The first-order valence-corrected chi connectivity index (χ1v) is 4.37. The molecule has 3 N–H and O–H groups in total. The lowest BCUT2D eigenvalue weighted by atomic mass is 10.2. The van der Waals surface area contributed by atoms with Crippen LogP contribution in [0.25, 0.3) is 0 Å². The van der Waals surface area contributed by atoms with Gasteiger partial charge in [0.05, 0.1) is 7.11 Å². The molecule has 4 nitrogen and oxygen atoms in total. The largest absolute Gasteiger partial charge is 0.453 e. The van der Waals surface area contributed by atoms with E-state index in [1.54, 1.807) is 18.2 Å². The third-order valence-electron chi connectivity index (χ3n) is 1.68. The van der Waals surface area contributed by atoms with Crippen molar-refractivity contribution >= 4 is 23.4 Å². The molecule has 14 heavy (non-hydrogen) atoms. The second-order valence-corrected chi connectivity index (χ2v) is 3.10. The van der Waals surface area contributed by atoms with E-state index in [1.165, 1.54) is 7.11 Å². The Morgan fingerprint density at radius 3 is 3.00 bits per heavy atom. The molecule has 1 aromatic carbocycles. The Kier molecular flexibility index (Phi) is 3.59. The van der Waals surface area contributed by atoms with Crippen LogP contribution in [0.5, 0.6) is 0 Å². The van der Waals surface area contributed by atoms with Gasteiger partial charge in [-0.15, -0.1) is 0 Å². The van der Waals surface area contributed by atoms with Gasteiger partial charge in [0.2, 0.25) is 0 Å². The van der Waals surface area contributed by atoms with Crippen LogP contribution >= 0.6 is 11.6 Å². The number of carbonyl (C=O) groups is 1. The molecule has 0 bridgehead atoms. The summed E-state index contributed by atoms with van der Waals surface area (Å²) in [4.78, 5) is 10.8. The van der Waals surface area contributed by atoms with E-state index in [4.69, 9.17) is 17.3 Å². The van der Waals surface area contributed by atoms with Gasteiger partial charge in [0.1, 0.15) is 0 Å². The molecule has 0 unspecified atom stereocenters. The number of rotatable bonds is 2. The smallest absolute Gasteiger partial charge is 0.407 e. The molecule has 0 saturated carbocycles. The Balaban J connectivity index is 2.66. The minimum Gasteiger partial charge on any atom is -0.453 e. The van der Waals surface area contributed by atoms with Crippen molar-refractivity contribution in [1.29, 1.82) is 0 Å². The van der Waals surface area contributed by atoms with Crippen molar-refractivity contribution in [3.63, 3.8) is 0 Å². The third-order valence-corrected chi connectivity index (χ3v) is 2.05. The van der Waals surface area contributed by atoms with Crippen molar-refractivity contribution < 1.29 is 9.53 Å². The molecule has 0 fully saturated rings. The van der Waals surface area contributed by atoms with Gasteiger partial charge in [-0.25, -0.2) is 4.79 Å². The van der Waals surface area contributed by atoms with Gasteiger partial charge in [-0.3, -0.25) is 0 Å². The quantitative estimate of drug-likeness (QED) is 0.738. The number of methoxy groups -OCH3 is 1. The van der Waals surface area contributed by atoms with E-state index in [9.17, 15) is 4.79 Å². The molecule has 1 amide bonds. The van der Waals surface area contributed by atoms with Crippen LogP contribution in [-0.4, -0.2) is 13.2 Å². The Labute approximate surface area is 87.0 Å². The van der Waals surface area contributed by atoms with Crippen molar-refractivity contribution in [2.75, 3.05) is 12.8 Å². The fraction of sp³-hybridized carbons (Fsp3) is 0.222. The summed E-state index contributed by atoms with van der Waals surface area (Å²) in [5, 5.41) is 3.08. The Morgan fingerprint density at radius 2 is 2.36 bits per heavy atom. The van der Waals surface area contributed by atoms with E-state index in [2.05, 4.69) is 10.1 Å². The topological polar surface area (TPSA) is 64.3 Å². The van der Waals surface area contributed by atoms with Gasteiger partial charge in [0.25, 0.3) is 0 Å². The zero-order chi connectivity index (χ0) is 10.6. The lowest BCUT2D eigenvalue weighted by Gasteiger charge is -2.06. The predicted molar refractivity (Wildman–Crippen MR) is 55.1 cm³/mol. The average Bonchev–Trinajstić information content (AvgIpc) is 2.19. The van der Waals surface area contributed by atoms with Crippen LogP contribution in [0.2, 0.25) is 5.02 Å². The number of nitrogens with one attached hydrogen (secondary N) is 1. The lowest BCUT2D eigenvalue weighted by molar-refractivity contribution is 0.170. The number of benzene rings is 1. The molecule has 0 spiro atoms. The number of halogens is 1. The van der Waals surface area contributed by atoms with Gasteiger partial charge in [-0.05, 0) is 23.8 Å². The van der Waals surface area contributed by atoms with Crippen molar-refractivity contribution in [3.05, 3.63) is 28.8 Å². The van der Waals surface area contributed by atoms with Crippen molar-refractivity contribution in [3.8, 4) is 0 Å². The zero-order valence-electron chi connectivity index (χ0n) is 7.71. The monoisotopic (exact) mass is 214 g/mol. The molecule has 0 radical (unpaired) electrons. The number of alkyl carbamates (subject to hydrolysis) is 1. The van der Waals surface area contributed by atoms with E-state index in [1.807, 2.05) is 0 Å². The number of hydrogen-bond donors (Lipinski definition) is 2.